The van der Waals surface area contributed by atoms with Crippen molar-refractivity contribution >= 4 is 5.91 Å². The number of aromatic nitrogens is 1. The number of amides is 1. The summed E-state index contributed by atoms with van der Waals surface area (Å²) in [4.78, 5) is 15.6. The molecule has 0 saturated heterocycles. The van der Waals surface area contributed by atoms with Gasteiger partial charge in [-0.25, -0.2) is 0 Å². The van der Waals surface area contributed by atoms with Gasteiger partial charge in [-0.2, -0.15) is 0 Å². The van der Waals surface area contributed by atoms with Crippen LogP contribution in [0.5, 0.6) is 0 Å². The maximum atomic E-state index is 11.7. The predicted octanol–water partition coefficient (Wildman–Crippen LogP) is 2.16. The summed E-state index contributed by atoms with van der Waals surface area (Å²) in [5.74, 6) is -0.0658. The topological polar surface area (TPSA) is 51.2 Å². The van der Waals surface area contributed by atoms with Crippen LogP contribution in [0.3, 0.4) is 0 Å². The molecule has 0 bridgehead atoms. The number of nitrogens with one attached hydrogen (secondary N) is 1. The van der Waals surface area contributed by atoms with Crippen LogP contribution in [0, 0.1) is 0 Å². The first-order valence-electron chi connectivity index (χ1n) is 6.66. The van der Waals surface area contributed by atoms with Crippen molar-refractivity contribution in [3.63, 3.8) is 0 Å². The highest BCUT2D eigenvalue weighted by atomic mass is 16.5. The Morgan fingerprint density at radius 3 is 3.00 bits per heavy atom. The molecule has 1 heterocycles. The van der Waals surface area contributed by atoms with E-state index in [0.29, 0.717) is 18.2 Å². The minimum Gasteiger partial charge on any atom is -0.378 e. The summed E-state index contributed by atoms with van der Waals surface area (Å²) >= 11 is 0. The maximum absolute atomic E-state index is 11.7. The molecule has 0 radical (unpaired) electrons. The summed E-state index contributed by atoms with van der Waals surface area (Å²) < 4.78 is 5.73. The Bertz CT molecular complexity index is 361. The highest BCUT2D eigenvalue weighted by Gasteiger charge is 2.14. The molecular formula is C14H20N2O2. The van der Waals surface area contributed by atoms with Gasteiger partial charge in [-0.1, -0.05) is 12.8 Å². The summed E-state index contributed by atoms with van der Waals surface area (Å²) in [7, 11) is 0. The van der Waals surface area contributed by atoms with Crippen molar-refractivity contribution in [1.29, 1.82) is 0 Å². The first-order chi connectivity index (χ1) is 8.86. The molecule has 0 spiro atoms. The lowest BCUT2D eigenvalue weighted by Gasteiger charge is -2.11. The molecule has 4 nitrogen and oxygen atoms in total. The van der Waals surface area contributed by atoms with Gasteiger partial charge in [0, 0.05) is 25.5 Å². The van der Waals surface area contributed by atoms with Crippen LogP contribution < -0.4 is 5.32 Å². The van der Waals surface area contributed by atoms with E-state index in [4.69, 9.17) is 4.74 Å². The van der Waals surface area contributed by atoms with Gasteiger partial charge in [-0.05, 0) is 31.4 Å². The first-order valence-corrected chi connectivity index (χ1v) is 6.66. The smallest absolute Gasteiger partial charge is 0.252 e. The van der Waals surface area contributed by atoms with E-state index in [0.717, 1.165) is 13.0 Å². The van der Waals surface area contributed by atoms with E-state index >= 15 is 0 Å². The fourth-order valence-electron chi connectivity index (χ4n) is 2.18. The molecule has 1 saturated carbocycles. The first kappa shape index (κ1) is 13.0. The van der Waals surface area contributed by atoms with Crippen LogP contribution in [0.2, 0.25) is 0 Å². The van der Waals surface area contributed by atoms with Gasteiger partial charge in [0.15, 0.2) is 0 Å². The zero-order valence-corrected chi connectivity index (χ0v) is 10.6. The van der Waals surface area contributed by atoms with Gasteiger partial charge in [-0.3, -0.25) is 9.78 Å². The lowest BCUT2D eigenvalue weighted by atomic mass is 10.2. The lowest BCUT2D eigenvalue weighted by Crippen LogP contribution is -2.25. The average Bonchev–Trinajstić information content (AvgIpc) is 2.92. The molecule has 1 aliphatic rings. The van der Waals surface area contributed by atoms with Gasteiger partial charge in [-0.15, -0.1) is 0 Å². The molecule has 0 aromatic carbocycles. The van der Waals surface area contributed by atoms with Crippen LogP contribution in [0.1, 0.15) is 42.5 Å². The molecule has 1 aliphatic carbocycles. The number of carbonyl (C=O) groups is 1. The Hall–Kier alpha value is -1.42. The lowest BCUT2D eigenvalue weighted by molar-refractivity contribution is 0.0565. The van der Waals surface area contributed by atoms with Gasteiger partial charge in [0.2, 0.25) is 0 Å². The van der Waals surface area contributed by atoms with E-state index in [1.807, 2.05) is 0 Å². The van der Waals surface area contributed by atoms with Crippen molar-refractivity contribution in [1.82, 2.24) is 10.3 Å². The summed E-state index contributed by atoms with van der Waals surface area (Å²) in [6.45, 7) is 1.39. The normalized spacial score (nSPS) is 15.8. The Balaban J connectivity index is 1.56. The average molecular weight is 248 g/mol. The molecule has 4 heteroatoms. The summed E-state index contributed by atoms with van der Waals surface area (Å²) in [5, 5.41) is 2.87. The molecule has 1 aromatic rings. The molecule has 2 rings (SSSR count). The molecule has 18 heavy (non-hydrogen) atoms. The minimum atomic E-state index is -0.0658. The monoisotopic (exact) mass is 248 g/mol. The number of hydrogen-bond acceptors (Lipinski definition) is 3. The van der Waals surface area contributed by atoms with E-state index in [1.54, 1.807) is 24.5 Å². The zero-order valence-electron chi connectivity index (χ0n) is 10.6. The molecule has 98 valence electrons. The predicted molar refractivity (Wildman–Crippen MR) is 69.4 cm³/mol. The van der Waals surface area contributed by atoms with Crippen LogP contribution in [0.25, 0.3) is 0 Å². The number of nitrogens with zero attached hydrogens (tertiary/aromatic N) is 1. The number of pyridine rings is 1. The summed E-state index contributed by atoms with van der Waals surface area (Å²) in [6, 6.07) is 3.52. The third kappa shape index (κ3) is 4.11. The number of rotatable bonds is 6. The Morgan fingerprint density at radius 1 is 1.44 bits per heavy atom. The molecule has 1 fully saturated rings. The maximum Gasteiger partial charge on any atom is 0.252 e. The Morgan fingerprint density at radius 2 is 2.28 bits per heavy atom. The van der Waals surface area contributed by atoms with Gasteiger partial charge in [0.1, 0.15) is 0 Å². The standard InChI is InChI=1S/C14H20N2O2/c17-14(12-5-3-8-15-11-12)16-9-4-10-18-13-6-1-2-7-13/h3,5,8,11,13H,1-2,4,6-7,9-10H2,(H,16,17). The van der Waals surface area contributed by atoms with Crippen molar-refractivity contribution in [3.8, 4) is 0 Å². The summed E-state index contributed by atoms with van der Waals surface area (Å²) in [5.41, 5.74) is 0.606. The minimum absolute atomic E-state index is 0.0658. The van der Waals surface area contributed by atoms with E-state index in [1.165, 1.54) is 25.7 Å². The van der Waals surface area contributed by atoms with Crippen molar-refractivity contribution in [2.24, 2.45) is 0 Å². The molecule has 0 atom stereocenters. The fraction of sp³-hybridized carbons (Fsp3) is 0.571. The molecule has 0 unspecified atom stereocenters. The van der Waals surface area contributed by atoms with Crippen LogP contribution in [0.4, 0.5) is 0 Å². The number of hydrogen-bond donors (Lipinski definition) is 1. The van der Waals surface area contributed by atoms with E-state index in [-0.39, 0.29) is 5.91 Å². The Kier molecular flexibility index (Phi) is 5.15. The highest BCUT2D eigenvalue weighted by Crippen LogP contribution is 2.20. The third-order valence-corrected chi connectivity index (χ3v) is 3.19. The van der Waals surface area contributed by atoms with Crippen molar-refractivity contribution < 1.29 is 9.53 Å². The molecular weight excluding hydrogens is 228 g/mol. The van der Waals surface area contributed by atoms with Crippen LogP contribution in [-0.2, 0) is 4.74 Å². The van der Waals surface area contributed by atoms with E-state index in [2.05, 4.69) is 10.3 Å². The summed E-state index contributed by atoms with van der Waals surface area (Å²) in [6.07, 6.45) is 9.53. The number of carbonyl (C=O) groups excluding carboxylic acids is 1. The zero-order chi connectivity index (χ0) is 12.6. The van der Waals surface area contributed by atoms with Crippen LogP contribution in [0.15, 0.2) is 24.5 Å². The van der Waals surface area contributed by atoms with Crippen LogP contribution >= 0.6 is 0 Å². The quantitative estimate of drug-likeness (QED) is 0.785. The van der Waals surface area contributed by atoms with Crippen molar-refractivity contribution in [2.75, 3.05) is 13.2 Å². The van der Waals surface area contributed by atoms with E-state index in [9.17, 15) is 4.79 Å². The molecule has 0 aliphatic heterocycles. The van der Waals surface area contributed by atoms with Crippen molar-refractivity contribution in [3.05, 3.63) is 30.1 Å². The van der Waals surface area contributed by atoms with E-state index < -0.39 is 0 Å². The second-order valence-corrected chi connectivity index (χ2v) is 4.63. The largest absolute Gasteiger partial charge is 0.378 e. The van der Waals surface area contributed by atoms with Gasteiger partial charge >= 0.3 is 0 Å². The SMILES string of the molecule is O=C(NCCCOC1CCCC1)c1cccnc1. The third-order valence-electron chi connectivity index (χ3n) is 3.19. The van der Waals surface area contributed by atoms with Gasteiger partial charge in [0.25, 0.3) is 5.91 Å². The molecule has 1 amide bonds. The van der Waals surface area contributed by atoms with Gasteiger partial charge < -0.3 is 10.1 Å². The second kappa shape index (κ2) is 7.11. The number of ether oxygens (including phenoxy) is 1. The molecule has 1 aromatic heterocycles. The van der Waals surface area contributed by atoms with Crippen molar-refractivity contribution in [2.45, 2.75) is 38.2 Å². The highest BCUT2D eigenvalue weighted by molar-refractivity contribution is 5.93. The van der Waals surface area contributed by atoms with Crippen LogP contribution in [-0.4, -0.2) is 30.1 Å². The fourth-order valence-corrected chi connectivity index (χ4v) is 2.18. The van der Waals surface area contributed by atoms with Gasteiger partial charge in [0.05, 0.1) is 11.7 Å². The Labute approximate surface area is 108 Å². The molecule has 1 N–H and O–H groups in total. The second-order valence-electron chi connectivity index (χ2n) is 4.63.